The minimum absolute atomic E-state index is 0.0199. The lowest BCUT2D eigenvalue weighted by atomic mass is 9.93. The van der Waals surface area contributed by atoms with Gasteiger partial charge in [0.1, 0.15) is 11.4 Å². The SMILES string of the molecule is CC1(CCc2ccccc2)NC(=O)N(NC(=O)c2cc(F)ccc2Br)C1=O. The second-order valence-corrected chi connectivity index (χ2v) is 7.31. The van der Waals surface area contributed by atoms with Gasteiger partial charge in [0, 0.05) is 4.47 Å². The molecule has 0 radical (unpaired) electrons. The number of hydrogen-bond acceptors (Lipinski definition) is 3. The Balaban J connectivity index is 1.72. The number of carbonyl (C=O) groups excluding carboxylic acids is 3. The summed E-state index contributed by atoms with van der Waals surface area (Å²) in [7, 11) is 0. The zero-order valence-corrected chi connectivity index (χ0v) is 16.0. The lowest BCUT2D eigenvalue weighted by Crippen LogP contribution is -2.49. The Morgan fingerprint density at radius 1 is 1.22 bits per heavy atom. The summed E-state index contributed by atoms with van der Waals surface area (Å²) >= 11 is 3.15. The number of halogens is 2. The summed E-state index contributed by atoms with van der Waals surface area (Å²) in [5.74, 6) is -1.94. The van der Waals surface area contributed by atoms with Gasteiger partial charge in [-0.1, -0.05) is 30.3 Å². The van der Waals surface area contributed by atoms with Gasteiger partial charge in [0.15, 0.2) is 0 Å². The average Bonchev–Trinajstić information content (AvgIpc) is 2.86. The highest BCUT2D eigenvalue weighted by Crippen LogP contribution is 2.23. The largest absolute Gasteiger partial charge is 0.344 e. The average molecular weight is 434 g/mol. The number of nitrogens with one attached hydrogen (secondary N) is 2. The molecule has 2 aromatic carbocycles. The molecular weight excluding hydrogens is 417 g/mol. The Kier molecular flexibility index (Phi) is 5.27. The third-order valence-corrected chi connectivity index (χ3v) is 5.10. The van der Waals surface area contributed by atoms with Gasteiger partial charge in [-0.15, -0.1) is 0 Å². The van der Waals surface area contributed by atoms with Crippen LogP contribution in [0.5, 0.6) is 0 Å². The standard InChI is InChI=1S/C19H17BrFN3O3/c1-19(10-9-12-5-3-2-4-6-12)17(26)24(18(27)22-19)23-16(25)14-11-13(21)7-8-15(14)20/h2-8,11H,9-10H2,1H3,(H,22,27)(H,23,25). The fourth-order valence-electron chi connectivity index (χ4n) is 2.83. The Hall–Kier alpha value is -2.74. The Labute approximate surface area is 163 Å². The predicted octanol–water partition coefficient (Wildman–Crippen LogP) is 3.18. The molecule has 0 saturated carbocycles. The summed E-state index contributed by atoms with van der Waals surface area (Å²) in [6.07, 6.45) is 0.957. The van der Waals surface area contributed by atoms with Crippen molar-refractivity contribution in [1.82, 2.24) is 15.8 Å². The van der Waals surface area contributed by atoms with E-state index in [2.05, 4.69) is 26.7 Å². The number of carbonyl (C=O) groups is 3. The van der Waals surface area contributed by atoms with Crippen LogP contribution in [-0.2, 0) is 11.2 Å². The molecular formula is C19H17BrFN3O3. The van der Waals surface area contributed by atoms with Gasteiger partial charge < -0.3 is 5.32 Å². The molecule has 8 heteroatoms. The third-order valence-electron chi connectivity index (χ3n) is 4.40. The molecule has 1 saturated heterocycles. The van der Waals surface area contributed by atoms with Crippen LogP contribution in [0.2, 0.25) is 0 Å². The maximum atomic E-state index is 13.4. The summed E-state index contributed by atoms with van der Waals surface area (Å²) in [5.41, 5.74) is 2.13. The van der Waals surface area contributed by atoms with Gasteiger partial charge in [-0.2, -0.15) is 5.01 Å². The van der Waals surface area contributed by atoms with Gasteiger partial charge >= 0.3 is 6.03 Å². The van der Waals surface area contributed by atoms with E-state index in [1.54, 1.807) is 6.92 Å². The van der Waals surface area contributed by atoms with Crippen molar-refractivity contribution in [3.8, 4) is 0 Å². The highest BCUT2D eigenvalue weighted by atomic mass is 79.9. The summed E-state index contributed by atoms with van der Waals surface area (Å²) < 4.78 is 13.7. The van der Waals surface area contributed by atoms with E-state index in [-0.39, 0.29) is 5.56 Å². The van der Waals surface area contributed by atoms with Gasteiger partial charge in [-0.3, -0.25) is 15.0 Å². The van der Waals surface area contributed by atoms with Crippen LogP contribution in [0.25, 0.3) is 0 Å². The van der Waals surface area contributed by atoms with Crippen LogP contribution >= 0.6 is 15.9 Å². The first-order valence-electron chi connectivity index (χ1n) is 8.27. The summed E-state index contributed by atoms with van der Waals surface area (Å²) in [4.78, 5) is 37.3. The second kappa shape index (κ2) is 7.48. The first-order valence-corrected chi connectivity index (χ1v) is 9.06. The molecule has 27 heavy (non-hydrogen) atoms. The zero-order chi connectivity index (χ0) is 19.6. The molecule has 3 rings (SSSR count). The van der Waals surface area contributed by atoms with Crippen LogP contribution in [0.1, 0.15) is 29.3 Å². The van der Waals surface area contributed by atoms with Crippen molar-refractivity contribution >= 4 is 33.8 Å². The number of urea groups is 1. The van der Waals surface area contributed by atoms with E-state index in [1.165, 1.54) is 12.1 Å². The van der Waals surface area contributed by atoms with Crippen molar-refractivity contribution in [1.29, 1.82) is 0 Å². The molecule has 0 aromatic heterocycles. The summed E-state index contributed by atoms with van der Waals surface area (Å²) in [6, 6.07) is 12.4. The molecule has 0 bridgehead atoms. The number of aryl methyl sites for hydroxylation is 1. The number of imide groups is 1. The van der Waals surface area contributed by atoms with Gasteiger partial charge in [0.25, 0.3) is 11.8 Å². The van der Waals surface area contributed by atoms with E-state index < -0.39 is 29.2 Å². The number of hydrogen-bond donors (Lipinski definition) is 2. The van der Waals surface area contributed by atoms with Gasteiger partial charge in [0.05, 0.1) is 5.56 Å². The van der Waals surface area contributed by atoms with Crippen molar-refractivity contribution in [3.63, 3.8) is 0 Å². The molecule has 2 aromatic rings. The Morgan fingerprint density at radius 3 is 2.63 bits per heavy atom. The minimum Gasteiger partial charge on any atom is -0.322 e. The molecule has 4 amide bonds. The van der Waals surface area contributed by atoms with Crippen molar-refractivity contribution in [2.45, 2.75) is 25.3 Å². The Bertz CT molecular complexity index is 906. The first-order chi connectivity index (χ1) is 12.8. The quantitative estimate of drug-likeness (QED) is 0.710. The smallest absolute Gasteiger partial charge is 0.322 e. The second-order valence-electron chi connectivity index (χ2n) is 6.45. The summed E-state index contributed by atoms with van der Waals surface area (Å²) in [5, 5.41) is 3.26. The van der Waals surface area contributed by atoms with E-state index in [0.29, 0.717) is 22.3 Å². The predicted molar refractivity (Wildman–Crippen MR) is 100 cm³/mol. The number of hydrazine groups is 1. The fraction of sp³-hybridized carbons (Fsp3) is 0.211. The number of amides is 4. The number of nitrogens with zero attached hydrogens (tertiary/aromatic N) is 1. The van der Waals surface area contributed by atoms with Crippen molar-refractivity contribution in [2.75, 3.05) is 0 Å². The maximum absolute atomic E-state index is 13.4. The van der Waals surface area contributed by atoms with E-state index in [0.717, 1.165) is 11.6 Å². The molecule has 2 N–H and O–H groups in total. The highest BCUT2D eigenvalue weighted by Gasteiger charge is 2.48. The van der Waals surface area contributed by atoms with E-state index in [4.69, 9.17) is 0 Å². The van der Waals surface area contributed by atoms with Crippen LogP contribution < -0.4 is 10.7 Å². The topological polar surface area (TPSA) is 78.5 Å². The van der Waals surface area contributed by atoms with Crippen molar-refractivity contribution in [3.05, 3.63) is 69.9 Å². The molecule has 1 aliphatic rings. The van der Waals surface area contributed by atoms with Crippen LogP contribution in [0, 0.1) is 5.82 Å². The van der Waals surface area contributed by atoms with E-state index >= 15 is 0 Å². The molecule has 1 unspecified atom stereocenters. The summed E-state index contributed by atoms with van der Waals surface area (Å²) in [6.45, 7) is 1.61. The van der Waals surface area contributed by atoms with Crippen molar-refractivity contribution in [2.24, 2.45) is 0 Å². The van der Waals surface area contributed by atoms with Crippen LogP contribution in [0.4, 0.5) is 9.18 Å². The molecule has 6 nitrogen and oxygen atoms in total. The van der Waals surface area contributed by atoms with Crippen LogP contribution in [-0.4, -0.2) is 28.4 Å². The number of benzene rings is 2. The minimum atomic E-state index is -1.14. The lowest BCUT2D eigenvalue weighted by molar-refractivity contribution is -0.132. The molecule has 1 aliphatic heterocycles. The number of rotatable bonds is 5. The zero-order valence-electron chi connectivity index (χ0n) is 14.5. The fourth-order valence-corrected chi connectivity index (χ4v) is 3.25. The van der Waals surface area contributed by atoms with Gasteiger partial charge in [0.2, 0.25) is 0 Å². The lowest BCUT2D eigenvalue weighted by Gasteiger charge is -2.21. The maximum Gasteiger partial charge on any atom is 0.344 e. The van der Waals surface area contributed by atoms with E-state index in [9.17, 15) is 18.8 Å². The van der Waals surface area contributed by atoms with Gasteiger partial charge in [-0.25, -0.2) is 9.18 Å². The molecule has 1 fully saturated rings. The molecule has 140 valence electrons. The Morgan fingerprint density at radius 2 is 1.93 bits per heavy atom. The first kappa shape index (κ1) is 19.0. The van der Waals surface area contributed by atoms with E-state index in [1.807, 2.05) is 30.3 Å². The molecule has 0 spiro atoms. The normalized spacial score (nSPS) is 19.1. The van der Waals surface area contributed by atoms with Crippen LogP contribution in [0.15, 0.2) is 53.0 Å². The monoisotopic (exact) mass is 433 g/mol. The molecule has 1 heterocycles. The van der Waals surface area contributed by atoms with Gasteiger partial charge in [-0.05, 0) is 59.5 Å². The van der Waals surface area contributed by atoms with Crippen LogP contribution in [0.3, 0.4) is 0 Å². The highest BCUT2D eigenvalue weighted by molar-refractivity contribution is 9.10. The molecule has 1 atom stereocenters. The third kappa shape index (κ3) is 4.00. The van der Waals surface area contributed by atoms with Crippen molar-refractivity contribution < 1.29 is 18.8 Å². The molecule has 0 aliphatic carbocycles.